The van der Waals surface area contributed by atoms with Gasteiger partial charge in [0.15, 0.2) is 0 Å². The number of carbonyl (C=O) groups is 2. The molecular formula is C25H22Cl2N2O5. The lowest BCUT2D eigenvalue weighted by Crippen LogP contribution is -2.37. The standard InChI is InChI=1S/C25H22Cl2N2O5/c1-32-25(31)20-15-17(3-7-22(20)29-10-12-33-13-11-29)28-24(30)9-5-18-4-8-23(34-18)19-6-2-16(26)14-21(19)27/h2-9,14-15H,10-13H2,1H3,(H,28,30). The minimum atomic E-state index is -0.475. The summed E-state index contributed by atoms with van der Waals surface area (Å²) >= 11 is 12.2. The molecule has 2 heterocycles. The predicted molar refractivity (Wildman–Crippen MR) is 133 cm³/mol. The maximum absolute atomic E-state index is 12.5. The Hall–Kier alpha value is -3.26. The number of hydrogen-bond acceptors (Lipinski definition) is 6. The molecule has 1 amide bonds. The Labute approximate surface area is 206 Å². The molecule has 176 valence electrons. The highest BCUT2D eigenvalue weighted by Crippen LogP contribution is 2.32. The smallest absolute Gasteiger partial charge is 0.340 e. The number of hydrogen-bond donors (Lipinski definition) is 1. The number of rotatable bonds is 6. The number of ether oxygens (including phenoxy) is 2. The fourth-order valence-corrected chi connectivity index (χ4v) is 4.09. The molecular weight excluding hydrogens is 479 g/mol. The largest absolute Gasteiger partial charge is 0.465 e. The first-order valence-electron chi connectivity index (χ1n) is 10.5. The fourth-order valence-electron chi connectivity index (χ4n) is 3.59. The number of morpholine rings is 1. The van der Waals surface area contributed by atoms with Gasteiger partial charge in [-0.3, -0.25) is 4.79 Å². The van der Waals surface area contributed by atoms with E-state index in [1.807, 2.05) is 0 Å². The number of amides is 1. The molecule has 0 unspecified atom stereocenters. The van der Waals surface area contributed by atoms with Crippen molar-refractivity contribution in [2.24, 2.45) is 0 Å². The summed E-state index contributed by atoms with van der Waals surface area (Å²) in [5.41, 5.74) is 2.29. The van der Waals surface area contributed by atoms with Gasteiger partial charge in [0.1, 0.15) is 11.5 Å². The number of methoxy groups -OCH3 is 1. The maximum Gasteiger partial charge on any atom is 0.340 e. The highest BCUT2D eigenvalue weighted by Gasteiger charge is 2.20. The monoisotopic (exact) mass is 500 g/mol. The number of carbonyl (C=O) groups excluding carboxylic acids is 2. The molecule has 0 aliphatic carbocycles. The van der Waals surface area contributed by atoms with E-state index in [-0.39, 0.29) is 5.91 Å². The Morgan fingerprint density at radius 3 is 2.59 bits per heavy atom. The van der Waals surface area contributed by atoms with Crippen LogP contribution in [0, 0.1) is 0 Å². The predicted octanol–water partition coefficient (Wildman–Crippen LogP) is 5.53. The van der Waals surface area contributed by atoms with Crippen LogP contribution in [0.5, 0.6) is 0 Å². The molecule has 1 aliphatic rings. The zero-order valence-electron chi connectivity index (χ0n) is 18.3. The van der Waals surface area contributed by atoms with E-state index >= 15 is 0 Å². The second-order valence-electron chi connectivity index (χ2n) is 7.47. The van der Waals surface area contributed by atoms with E-state index in [1.165, 1.54) is 13.2 Å². The van der Waals surface area contributed by atoms with E-state index in [0.717, 1.165) is 5.69 Å². The van der Waals surface area contributed by atoms with E-state index in [0.29, 0.717) is 64.7 Å². The van der Waals surface area contributed by atoms with Crippen molar-refractivity contribution in [3.05, 3.63) is 76.0 Å². The zero-order valence-corrected chi connectivity index (χ0v) is 19.9. The molecule has 1 N–H and O–H groups in total. The molecule has 2 aromatic carbocycles. The van der Waals surface area contributed by atoms with Gasteiger partial charge in [0.25, 0.3) is 0 Å². The Morgan fingerprint density at radius 1 is 1.06 bits per heavy atom. The third kappa shape index (κ3) is 5.62. The highest BCUT2D eigenvalue weighted by atomic mass is 35.5. The third-order valence-corrected chi connectivity index (χ3v) is 5.79. The maximum atomic E-state index is 12.5. The summed E-state index contributed by atoms with van der Waals surface area (Å²) in [6.07, 6.45) is 2.89. The van der Waals surface area contributed by atoms with Crippen LogP contribution in [-0.4, -0.2) is 45.3 Å². The molecule has 3 aromatic rings. The van der Waals surface area contributed by atoms with E-state index in [1.54, 1.807) is 54.6 Å². The SMILES string of the molecule is COC(=O)c1cc(NC(=O)C=Cc2ccc(-c3ccc(Cl)cc3Cl)o2)ccc1N1CCOCC1. The molecule has 1 aromatic heterocycles. The van der Waals surface area contributed by atoms with E-state index in [4.69, 9.17) is 37.1 Å². The van der Waals surface area contributed by atoms with Crippen molar-refractivity contribution in [3.8, 4) is 11.3 Å². The normalized spacial score (nSPS) is 13.8. The third-order valence-electron chi connectivity index (χ3n) is 5.24. The molecule has 0 saturated carbocycles. The summed E-state index contributed by atoms with van der Waals surface area (Å²) < 4.78 is 16.1. The summed E-state index contributed by atoms with van der Waals surface area (Å²) in [5.74, 6) is 0.187. The minimum absolute atomic E-state index is 0.377. The average molecular weight is 501 g/mol. The van der Waals surface area contributed by atoms with Crippen molar-refractivity contribution in [1.82, 2.24) is 0 Å². The molecule has 0 atom stereocenters. The van der Waals surface area contributed by atoms with Crippen molar-refractivity contribution < 1.29 is 23.5 Å². The first-order chi connectivity index (χ1) is 16.4. The van der Waals surface area contributed by atoms with Crippen LogP contribution in [0.2, 0.25) is 10.0 Å². The van der Waals surface area contributed by atoms with Gasteiger partial charge in [-0.1, -0.05) is 23.2 Å². The molecule has 1 aliphatic heterocycles. The van der Waals surface area contributed by atoms with E-state index < -0.39 is 5.97 Å². The van der Waals surface area contributed by atoms with E-state index in [2.05, 4.69) is 10.2 Å². The topological polar surface area (TPSA) is 81.0 Å². The summed E-state index contributed by atoms with van der Waals surface area (Å²) in [4.78, 5) is 26.9. The zero-order chi connectivity index (χ0) is 24.1. The minimum Gasteiger partial charge on any atom is -0.465 e. The van der Waals surface area contributed by atoms with Crippen molar-refractivity contribution in [3.63, 3.8) is 0 Å². The summed E-state index contributed by atoms with van der Waals surface area (Å²) in [7, 11) is 1.33. The van der Waals surface area contributed by atoms with Gasteiger partial charge >= 0.3 is 5.97 Å². The second-order valence-corrected chi connectivity index (χ2v) is 8.32. The summed E-state index contributed by atoms with van der Waals surface area (Å²) in [5, 5.41) is 3.76. The molecule has 0 spiro atoms. The van der Waals surface area contributed by atoms with Gasteiger partial charge in [0, 0.05) is 35.4 Å². The Morgan fingerprint density at radius 2 is 1.85 bits per heavy atom. The fraction of sp³-hybridized carbons (Fsp3) is 0.200. The molecule has 0 radical (unpaired) electrons. The van der Waals surface area contributed by atoms with Gasteiger partial charge in [-0.2, -0.15) is 0 Å². The summed E-state index contributed by atoms with van der Waals surface area (Å²) in [6, 6.07) is 13.8. The van der Waals surface area contributed by atoms with Crippen LogP contribution in [-0.2, 0) is 14.3 Å². The van der Waals surface area contributed by atoms with Crippen LogP contribution >= 0.6 is 23.2 Å². The molecule has 4 rings (SSSR count). The quantitative estimate of drug-likeness (QED) is 0.354. The lowest BCUT2D eigenvalue weighted by molar-refractivity contribution is -0.111. The van der Waals surface area contributed by atoms with Crippen LogP contribution in [0.15, 0.2) is 59.0 Å². The molecule has 1 fully saturated rings. The van der Waals surface area contributed by atoms with Crippen molar-refractivity contribution in [2.45, 2.75) is 0 Å². The van der Waals surface area contributed by atoms with Crippen LogP contribution < -0.4 is 10.2 Å². The van der Waals surface area contributed by atoms with Crippen molar-refractivity contribution in [1.29, 1.82) is 0 Å². The average Bonchev–Trinajstić information content (AvgIpc) is 3.31. The molecule has 1 saturated heterocycles. The van der Waals surface area contributed by atoms with Gasteiger partial charge in [-0.15, -0.1) is 0 Å². The van der Waals surface area contributed by atoms with Crippen LogP contribution in [0.4, 0.5) is 11.4 Å². The van der Waals surface area contributed by atoms with Gasteiger partial charge in [0.2, 0.25) is 5.91 Å². The Bertz CT molecular complexity index is 1230. The van der Waals surface area contributed by atoms with Gasteiger partial charge in [-0.05, 0) is 54.6 Å². The first kappa shape index (κ1) is 23.9. The van der Waals surface area contributed by atoms with Crippen molar-refractivity contribution in [2.75, 3.05) is 43.6 Å². The number of furan rings is 1. The highest BCUT2D eigenvalue weighted by molar-refractivity contribution is 6.36. The van der Waals surface area contributed by atoms with Gasteiger partial charge in [-0.25, -0.2) is 4.79 Å². The lowest BCUT2D eigenvalue weighted by Gasteiger charge is -2.30. The van der Waals surface area contributed by atoms with Crippen LogP contribution in [0.25, 0.3) is 17.4 Å². The lowest BCUT2D eigenvalue weighted by atomic mass is 10.1. The molecule has 7 nitrogen and oxygen atoms in total. The van der Waals surface area contributed by atoms with Gasteiger partial charge in [0.05, 0.1) is 36.6 Å². The Kier molecular flexibility index (Phi) is 7.57. The molecule has 0 bridgehead atoms. The van der Waals surface area contributed by atoms with Crippen LogP contribution in [0.1, 0.15) is 16.1 Å². The molecule has 9 heteroatoms. The number of esters is 1. The molecule has 34 heavy (non-hydrogen) atoms. The number of anilines is 2. The number of nitrogens with one attached hydrogen (secondary N) is 1. The second kappa shape index (κ2) is 10.8. The Balaban J connectivity index is 1.46. The first-order valence-corrected chi connectivity index (χ1v) is 11.3. The van der Waals surface area contributed by atoms with Crippen LogP contribution in [0.3, 0.4) is 0 Å². The van der Waals surface area contributed by atoms with Crippen molar-refractivity contribution >= 4 is 52.5 Å². The van der Waals surface area contributed by atoms with E-state index in [9.17, 15) is 9.59 Å². The van der Waals surface area contributed by atoms with Gasteiger partial charge < -0.3 is 24.1 Å². The summed E-state index contributed by atoms with van der Waals surface area (Å²) in [6.45, 7) is 2.51. The number of benzene rings is 2. The number of nitrogens with zero attached hydrogens (tertiary/aromatic N) is 1. The number of halogens is 2.